The van der Waals surface area contributed by atoms with E-state index in [4.69, 9.17) is 23.2 Å². The highest BCUT2D eigenvalue weighted by molar-refractivity contribution is 6.32. The van der Waals surface area contributed by atoms with E-state index < -0.39 is 17.1 Å². The number of hydrogen-bond acceptors (Lipinski definition) is 1. The van der Waals surface area contributed by atoms with E-state index in [0.29, 0.717) is 11.8 Å². The van der Waals surface area contributed by atoms with E-state index in [2.05, 4.69) is 0 Å². The van der Waals surface area contributed by atoms with E-state index in [1.165, 1.54) is 6.07 Å². The Hall–Kier alpha value is -0.740. The van der Waals surface area contributed by atoms with Gasteiger partial charge in [-0.2, -0.15) is 13.2 Å². The minimum absolute atomic E-state index is 0.0395. The summed E-state index contributed by atoms with van der Waals surface area (Å²) in [4.78, 5) is 10.3. The van der Waals surface area contributed by atoms with Gasteiger partial charge < -0.3 is 4.79 Å². The molecule has 1 aromatic carbocycles. The monoisotopic (exact) mass is 270 g/mol. The van der Waals surface area contributed by atoms with Gasteiger partial charge in [0.15, 0.2) is 0 Å². The Kier molecular flexibility index (Phi) is 4.21. The first-order valence-electron chi connectivity index (χ1n) is 4.29. The van der Waals surface area contributed by atoms with Gasteiger partial charge in [-0.1, -0.05) is 17.7 Å². The second kappa shape index (κ2) is 5.06. The Balaban J connectivity index is 2.96. The number of benzene rings is 1. The van der Waals surface area contributed by atoms with Crippen LogP contribution in [0.2, 0.25) is 5.02 Å². The summed E-state index contributed by atoms with van der Waals surface area (Å²) in [6.07, 6.45) is -3.80. The molecule has 1 aromatic rings. The Labute approximate surface area is 100 Å². The molecule has 16 heavy (non-hydrogen) atoms. The van der Waals surface area contributed by atoms with Gasteiger partial charge in [0.1, 0.15) is 6.29 Å². The third-order valence-electron chi connectivity index (χ3n) is 1.94. The molecule has 0 amide bonds. The lowest BCUT2D eigenvalue weighted by Crippen LogP contribution is -2.08. The van der Waals surface area contributed by atoms with Crippen molar-refractivity contribution >= 4 is 29.5 Å². The van der Waals surface area contributed by atoms with Crippen LogP contribution < -0.4 is 0 Å². The van der Waals surface area contributed by atoms with Crippen molar-refractivity contribution < 1.29 is 18.0 Å². The largest absolute Gasteiger partial charge is 0.416 e. The lowest BCUT2D eigenvalue weighted by Gasteiger charge is -2.10. The molecule has 6 heteroatoms. The highest BCUT2D eigenvalue weighted by Gasteiger charge is 2.30. The Morgan fingerprint density at radius 2 is 2.00 bits per heavy atom. The van der Waals surface area contributed by atoms with Crippen molar-refractivity contribution in [1.29, 1.82) is 0 Å². The predicted molar refractivity (Wildman–Crippen MR) is 55.9 cm³/mol. The Bertz CT molecular complexity index is 390. The fourth-order valence-corrected chi connectivity index (χ4v) is 1.57. The third kappa shape index (κ3) is 3.39. The highest BCUT2D eigenvalue weighted by Crippen LogP contribution is 2.32. The summed E-state index contributed by atoms with van der Waals surface area (Å²) in [5, 5.41) is -0.823. The molecular weight excluding hydrogens is 264 g/mol. The van der Waals surface area contributed by atoms with Crippen LogP contribution in [0.25, 0.3) is 0 Å². The Morgan fingerprint density at radius 1 is 1.38 bits per heavy atom. The molecule has 0 N–H and O–H groups in total. The summed E-state index contributed by atoms with van der Waals surface area (Å²) in [6, 6.07) is 2.96. The van der Waals surface area contributed by atoms with E-state index in [0.717, 1.165) is 12.1 Å². The number of carbonyl (C=O) groups is 1. The fraction of sp³-hybridized carbons (Fsp3) is 0.300. The zero-order valence-electron chi connectivity index (χ0n) is 7.89. The standard InChI is InChI=1S/C10H7Cl2F3O/c11-8(5-16)3-6-1-2-7(4-9(6)12)10(13,14)15/h1-2,4-5,8H,3H2. The number of carbonyl (C=O) groups excluding carboxylic acids is 1. The first kappa shape index (κ1) is 13.3. The average molecular weight is 271 g/mol. The van der Waals surface area contributed by atoms with Crippen molar-refractivity contribution in [3.63, 3.8) is 0 Å². The van der Waals surface area contributed by atoms with Crippen LogP contribution in [0.15, 0.2) is 18.2 Å². The first-order chi connectivity index (χ1) is 7.34. The molecule has 0 aliphatic carbocycles. The van der Waals surface area contributed by atoms with Gasteiger partial charge in [0.25, 0.3) is 0 Å². The minimum Gasteiger partial charge on any atom is -0.302 e. The van der Waals surface area contributed by atoms with Crippen molar-refractivity contribution in [2.45, 2.75) is 18.0 Å². The zero-order valence-corrected chi connectivity index (χ0v) is 9.40. The van der Waals surface area contributed by atoms with E-state index >= 15 is 0 Å². The lowest BCUT2D eigenvalue weighted by molar-refractivity contribution is -0.137. The van der Waals surface area contributed by atoms with E-state index in [1.54, 1.807) is 0 Å². The maximum Gasteiger partial charge on any atom is 0.416 e. The van der Waals surface area contributed by atoms with Crippen molar-refractivity contribution in [3.8, 4) is 0 Å². The molecule has 0 aliphatic rings. The maximum atomic E-state index is 12.3. The number of aldehydes is 1. The number of rotatable bonds is 3. The van der Waals surface area contributed by atoms with Gasteiger partial charge in [-0.3, -0.25) is 0 Å². The predicted octanol–water partition coefficient (Wildman–Crippen LogP) is 3.71. The van der Waals surface area contributed by atoms with Crippen molar-refractivity contribution in [1.82, 2.24) is 0 Å². The molecule has 0 heterocycles. The molecule has 1 unspecified atom stereocenters. The summed E-state index contributed by atoms with van der Waals surface area (Å²) in [5.41, 5.74) is -0.403. The highest BCUT2D eigenvalue weighted by atomic mass is 35.5. The molecular formula is C10H7Cl2F3O. The second-order valence-electron chi connectivity index (χ2n) is 3.16. The topological polar surface area (TPSA) is 17.1 Å². The SMILES string of the molecule is O=CC(Cl)Cc1ccc(C(F)(F)F)cc1Cl. The molecule has 0 saturated heterocycles. The summed E-state index contributed by atoms with van der Waals surface area (Å²) in [7, 11) is 0. The lowest BCUT2D eigenvalue weighted by atomic mass is 10.1. The van der Waals surface area contributed by atoms with Gasteiger partial charge in [-0.05, 0) is 24.1 Å². The summed E-state index contributed by atoms with van der Waals surface area (Å²) in [5.74, 6) is 0. The van der Waals surface area contributed by atoms with Crippen molar-refractivity contribution in [2.24, 2.45) is 0 Å². The molecule has 0 aromatic heterocycles. The number of halogens is 5. The molecule has 1 rings (SSSR count). The average Bonchev–Trinajstić information content (AvgIpc) is 2.19. The summed E-state index contributed by atoms with van der Waals surface area (Å²) < 4.78 is 36.9. The van der Waals surface area contributed by atoms with Gasteiger partial charge in [0.05, 0.1) is 10.9 Å². The van der Waals surface area contributed by atoms with Crippen molar-refractivity contribution in [3.05, 3.63) is 34.3 Å². The van der Waals surface area contributed by atoms with E-state index in [9.17, 15) is 18.0 Å². The van der Waals surface area contributed by atoms with Gasteiger partial charge in [0, 0.05) is 5.02 Å². The minimum atomic E-state index is -4.42. The number of alkyl halides is 4. The number of hydrogen-bond donors (Lipinski definition) is 0. The quantitative estimate of drug-likeness (QED) is 0.605. The molecule has 0 spiro atoms. The van der Waals surface area contributed by atoms with Crippen LogP contribution in [0, 0.1) is 0 Å². The zero-order chi connectivity index (χ0) is 12.3. The summed E-state index contributed by atoms with van der Waals surface area (Å²) >= 11 is 11.2. The second-order valence-corrected chi connectivity index (χ2v) is 4.13. The molecule has 0 aliphatic heterocycles. The molecule has 0 saturated carbocycles. The molecule has 1 nitrogen and oxygen atoms in total. The van der Waals surface area contributed by atoms with Crippen LogP contribution in [0.1, 0.15) is 11.1 Å². The molecule has 0 radical (unpaired) electrons. The smallest absolute Gasteiger partial charge is 0.302 e. The van der Waals surface area contributed by atoms with E-state index in [1.807, 2.05) is 0 Å². The van der Waals surface area contributed by atoms with E-state index in [-0.39, 0.29) is 11.4 Å². The van der Waals surface area contributed by atoms with Crippen LogP contribution in [-0.2, 0) is 17.4 Å². The third-order valence-corrected chi connectivity index (χ3v) is 2.55. The van der Waals surface area contributed by atoms with Gasteiger partial charge in [0.2, 0.25) is 0 Å². The van der Waals surface area contributed by atoms with Gasteiger partial charge in [-0.25, -0.2) is 0 Å². The first-order valence-corrected chi connectivity index (χ1v) is 5.11. The Morgan fingerprint density at radius 3 is 2.44 bits per heavy atom. The molecule has 88 valence electrons. The fourth-order valence-electron chi connectivity index (χ4n) is 1.15. The van der Waals surface area contributed by atoms with Gasteiger partial charge >= 0.3 is 6.18 Å². The van der Waals surface area contributed by atoms with Crippen LogP contribution in [0.5, 0.6) is 0 Å². The van der Waals surface area contributed by atoms with Crippen LogP contribution in [0.3, 0.4) is 0 Å². The van der Waals surface area contributed by atoms with Crippen molar-refractivity contribution in [2.75, 3.05) is 0 Å². The van der Waals surface area contributed by atoms with Crippen LogP contribution in [-0.4, -0.2) is 11.7 Å². The molecule has 1 atom stereocenters. The molecule has 0 fully saturated rings. The summed E-state index contributed by atoms with van der Waals surface area (Å²) in [6.45, 7) is 0. The van der Waals surface area contributed by atoms with Crippen LogP contribution >= 0.6 is 23.2 Å². The van der Waals surface area contributed by atoms with Gasteiger partial charge in [-0.15, -0.1) is 11.6 Å². The maximum absolute atomic E-state index is 12.3. The van der Waals surface area contributed by atoms with Crippen LogP contribution in [0.4, 0.5) is 13.2 Å². The normalized spacial score (nSPS) is 13.6. The molecule has 0 bridgehead atoms.